The fraction of sp³-hybridized carbons (Fsp3) is 0.526. The van der Waals surface area contributed by atoms with Crippen molar-refractivity contribution in [3.05, 3.63) is 40.9 Å². The molecule has 0 aliphatic heterocycles. The molecule has 22 heavy (non-hydrogen) atoms. The molecule has 1 heterocycles. The Morgan fingerprint density at radius 3 is 2.73 bits per heavy atom. The fourth-order valence-electron chi connectivity index (χ4n) is 3.69. The molecular weight excluding hydrogens is 288 g/mol. The molecule has 0 N–H and O–H groups in total. The number of rotatable bonds is 6. The van der Waals surface area contributed by atoms with Crippen molar-refractivity contribution in [1.29, 1.82) is 0 Å². The van der Waals surface area contributed by atoms with E-state index in [0.717, 1.165) is 0 Å². The van der Waals surface area contributed by atoms with Crippen LogP contribution < -0.4 is 0 Å². The van der Waals surface area contributed by atoms with Gasteiger partial charge in [-0.05, 0) is 56.3 Å². The predicted molar refractivity (Wildman–Crippen MR) is 95.5 cm³/mol. The van der Waals surface area contributed by atoms with Crippen LogP contribution in [0, 0.1) is 0 Å². The van der Waals surface area contributed by atoms with Gasteiger partial charge >= 0.3 is 0 Å². The number of fused-ring (bicyclic) bond motifs is 1. The lowest BCUT2D eigenvalue weighted by atomic mass is 9.84. The van der Waals surface area contributed by atoms with Gasteiger partial charge in [0.2, 0.25) is 0 Å². The lowest BCUT2D eigenvalue weighted by Crippen LogP contribution is -2.40. The second-order valence-corrected chi connectivity index (χ2v) is 7.11. The van der Waals surface area contributed by atoms with Gasteiger partial charge in [-0.15, -0.1) is 11.3 Å². The lowest BCUT2D eigenvalue weighted by molar-refractivity contribution is 0.180. The molecule has 2 aromatic rings. The molecule has 1 unspecified atom stereocenters. The second-order valence-electron chi connectivity index (χ2n) is 6.21. The first-order valence-corrected chi connectivity index (χ1v) is 9.46. The van der Waals surface area contributed by atoms with Crippen LogP contribution in [0.25, 0.3) is 10.6 Å². The van der Waals surface area contributed by atoms with Crippen LogP contribution in [-0.2, 0) is 12.8 Å². The van der Waals surface area contributed by atoms with E-state index < -0.39 is 0 Å². The average molecular weight is 314 g/mol. The van der Waals surface area contributed by atoms with Crippen molar-refractivity contribution in [1.82, 2.24) is 9.88 Å². The monoisotopic (exact) mass is 314 g/mol. The van der Waals surface area contributed by atoms with Crippen molar-refractivity contribution in [3.8, 4) is 10.6 Å². The zero-order chi connectivity index (χ0) is 15.4. The summed E-state index contributed by atoms with van der Waals surface area (Å²) in [5.41, 5.74) is 4.45. The van der Waals surface area contributed by atoms with Crippen molar-refractivity contribution >= 4 is 11.3 Å². The van der Waals surface area contributed by atoms with Crippen LogP contribution in [0.1, 0.15) is 44.2 Å². The maximum atomic E-state index is 4.54. The minimum absolute atomic E-state index is 0.702. The minimum Gasteiger partial charge on any atom is -0.300 e. The number of aryl methyl sites for hydroxylation is 1. The summed E-state index contributed by atoms with van der Waals surface area (Å²) >= 11 is 1.75. The van der Waals surface area contributed by atoms with Crippen molar-refractivity contribution < 1.29 is 0 Å². The Hall–Kier alpha value is -1.19. The third kappa shape index (κ3) is 3.26. The number of thiazole rings is 1. The van der Waals surface area contributed by atoms with E-state index in [-0.39, 0.29) is 0 Å². The highest BCUT2D eigenvalue weighted by Crippen LogP contribution is 2.34. The molecule has 0 saturated carbocycles. The number of nitrogens with zero attached hydrogens (tertiary/aromatic N) is 2. The van der Waals surface area contributed by atoms with Gasteiger partial charge in [-0.1, -0.05) is 32.0 Å². The molecule has 1 aromatic carbocycles. The Bertz CT molecular complexity index is 585. The third-order valence-electron chi connectivity index (χ3n) is 4.66. The van der Waals surface area contributed by atoms with Gasteiger partial charge < -0.3 is 4.90 Å². The average Bonchev–Trinajstić information content (AvgIpc) is 3.08. The van der Waals surface area contributed by atoms with E-state index in [0.29, 0.717) is 6.04 Å². The summed E-state index contributed by atoms with van der Waals surface area (Å²) in [5.74, 6) is 0. The fourth-order valence-corrected chi connectivity index (χ4v) is 4.38. The van der Waals surface area contributed by atoms with Crippen molar-refractivity contribution in [2.24, 2.45) is 0 Å². The quantitative estimate of drug-likeness (QED) is 0.762. The van der Waals surface area contributed by atoms with Crippen LogP contribution in [-0.4, -0.2) is 29.0 Å². The number of benzene rings is 1. The summed E-state index contributed by atoms with van der Waals surface area (Å²) in [6.07, 6.45) is 8.11. The van der Waals surface area contributed by atoms with Gasteiger partial charge in [-0.3, -0.25) is 0 Å². The molecular formula is C19H26N2S. The van der Waals surface area contributed by atoms with E-state index in [9.17, 15) is 0 Å². The first-order valence-electron chi connectivity index (χ1n) is 8.58. The van der Waals surface area contributed by atoms with Gasteiger partial charge in [0.05, 0.1) is 0 Å². The zero-order valence-electron chi connectivity index (χ0n) is 13.7. The van der Waals surface area contributed by atoms with E-state index in [1.807, 2.05) is 6.20 Å². The highest BCUT2D eigenvalue weighted by molar-refractivity contribution is 7.13. The van der Waals surface area contributed by atoms with Crippen LogP contribution in [0.5, 0.6) is 0 Å². The highest BCUT2D eigenvalue weighted by atomic mass is 32.1. The molecule has 2 nitrogen and oxygen atoms in total. The zero-order valence-corrected chi connectivity index (χ0v) is 14.5. The van der Waals surface area contributed by atoms with Gasteiger partial charge in [0.1, 0.15) is 5.01 Å². The predicted octanol–water partition coefficient (Wildman–Crippen LogP) is 4.79. The largest absolute Gasteiger partial charge is 0.300 e. The Labute approximate surface area is 138 Å². The summed E-state index contributed by atoms with van der Waals surface area (Å²) in [7, 11) is 0. The summed E-state index contributed by atoms with van der Waals surface area (Å²) in [6, 6.07) is 7.47. The van der Waals surface area contributed by atoms with E-state index in [1.165, 1.54) is 61.3 Å². The molecule has 3 heteroatoms. The van der Waals surface area contributed by atoms with E-state index in [2.05, 4.69) is 47.3 Å². The summed E-state index contributed by atoms with van der Waals surface area (Å²) < 4.78 is 0. The van der Waals surface area contributed by atoms with Crippen molar-refractivity contribution in [2.45, 2.75) is 52.0 Å². The maximum Gasteiger partial charge on any atom is 0.123 e. The summed E-state index contributed by atoms with van der Waals surface area (Å²) in [4.78, 5) is 7.25. The first kappa shape index (κ1) is 15.7. The van der Waals surface area contributed by atoms with Gasteiger partial charge in [-0.25, -0.2) is 4.98 Å². The Kier molecular flexibility index (Phi) is 5.27. The molecule has 0 saturated heterocycles. The van der Waals surface area contributed by atoms with Crippen LogP contribution in [0.15, 0.2) is 29.8 Å². The molecule has 0 fully saturated rings. The molecule has 1 aromatic heterocycles. The number of hydrogen-bond acceptors (Lipinski definition) is 3. The van der Waals surface area contributed by atoms with Crippen molar-refractivity contribution in [2.75, 3.05) is 13.1 Å². The van der Waals surface area contributed by atoms with Gasteiger partial charge in [0.25, 0.3) is 0 Å². The van der Waals surface area contributed by atoms with Crippen LogP contribution >= 0.6 is 11.3 Å². The Morgan fingerprint density at radius 1 is 1.23 bits per heavy atom. The third-order valence-corrected chi connectivity index (χ3v) is 5.47. The molecule has 3 rings (SSSR count). The molecule has 0 spiro atoms. The van der Waals surface area contributed by atoms with Crippen LogP contribution in [0.2, 0.25) is 0 Å². The second kappa shape index (κ2) is 7.38. The standard InChI is InChI=1S/C19H26N2S/c1-3-11-21(12-4-2)16-9-8-15-6-5-7-17(18(15)14-16)19-20-10-13-22-19/h5-7,10,13,16H,3-4,8-9,11-12,14H2,1-2H3. The molecule has 1 atom stereocenters. The summed E-state index contributed by atoms with van der Waals surface area (Å²) in [6.45, 7) is 7.04. The lowest BCUT2D eigenvalue weighted by Gasteiger charge is -2.35. The smallest absolute Gasteiger partial charge is 0.123 e. The van der Waals surface area contributed by atoms with E-state index in [1.54, 1.807) is 16.9 Å². The molecule has 118 valence electrons. The molecule has 0 bridgehead atoms. The van der Waals surface area contributed by atoms with Gasteiger partial charge in [-0.2, -0.15) is 0 Å². The first-order chi connectivity index (χ1) is 10.8. The summed E-state index contributed by atoms with van der Waals surface area (Å²) in [5, 5.41) is 3.25. The molecule has 0 amide bonds. The van der Waals surface area contributed by atoms with Crippen LogP contribution in [0.3, 0.4) is 0 Å². The highest BCUT2D eigenvalue weighted by Gasteiger charge is 2.25. The van der Waals surface area contributed by atoms with Gasteiger partial charge in [0, 0.05) is 23.2 Å². The number of aromatic nitrogens is 1. The van der Waals surface area contributed by atoms with E-state index >= 15 is 0 Å². The number of hydrogen-bond donors (Lipinski definition) is 0. The topological polar surface area (TPSA) is 16.1 Å². The van der Waals surface area contributed by atoms with Crippen LogP contribution in [0.4, 0.5) is 0 Å². The Morgan fingerprint density at radius 2 is 2.05 bits per heavy atom. The van der Waals surface area contributed by atoms with Gasteiger partial charge in [0.15, 0.2) is 0 Å². The minimum atomic E-state index is 0.702. The SMILES string of the molecule is CCCN(CCC)C1CCc2cccc(-c3nccs3)c2C1. The molecule has 0 radical (unpaired) electrons. The Balaban J connectivity index is 1.88. The normalized spacial score (nSPS) is 17.7. The van der Waals surface area contributed by atoms with E-state index in [4.69, 9.17) is 0 Å². The van der Waals surface area contributed by atoms with Crippen molar-refractivity contribution in [3.63, 3.8) is 0 Å². The molecule has 1 aliphatic rings. The molecule has 1 aliphatic carbocycles. The maximum absolute atomic E-state index is 4.54.